The van der Waals surface area contributed by atoms with Crippen LogP contribution in [0.4, 0.5) is 15.3 Å². The molecule has 0 aliphatic carbocycles. The number of carbonyl (C=O) groups is 2. The zero-order valence-corrected chi connectivity index (χ0v) is 12.4. The predicted octanol–water partition coefficient (Wildman–Crippen LogP) is 2.38. The van der Waals surface area contributed by atoms with Gasteiger partial charge >= 0.3 is 12.1 Å². The van der Waals surface area contributed by atoms with Gasteiger partial charge in [0, 0.05) is 12.6 Å². The average Bonchev–Trinajstić information content (AvgIpc) is 2.88. The van der Waals surface area contributed by atoms with E-state index in [1.165, 1.54) is 14.2 Å². The van der Waals surface area contributed by atoms with Crippen LogP contribution in [0.15, 0.2) is 34.9 Å². The summed E-state index contributed by atoms with van der Waals surface area (Å²) < 4.78 is 9.74. The van der Waals surface area contributed by atoms with Gasteiger partial charge in [-0.3, -0.25) is 0 Å². The van der Waals surface area contributed by atoms with Crippen molar-refractivity contribution in [2.75, 3.05) is 19.5 Å². The van der Waals surface area contributed by atoms with Crippen LogP contribution in [0.1, 0.15) is 5.69 Å². The molecule has 0 saturated carbocycles. The van der Waals surface area contributed by atoms with Gasteiger partial charge in [0.25, 0.3) is 0 Å². The first kappa shape index (κ1) is 15.4. The van der Waals surface area contributed by atoms with Crippen molar-refractivity contribution >= 4 is 17.8 Å². The number of rotatable bonds is 2. The van der Waals surface area contributed by atoms with E-state index < -0.39 is 12.1 Å². The van der Waals surface area contributed by atoms with Crippen molar-refractivity contribution in [3.8, 4) is 11.3 Å². The Bertz CT molecular complexity index is 669. The van der Waals surface area contributed by atoms with Gasteiger partial charge in [-0.2, -0.15) is 0 Å². The largest absolute Gasteiger partial charge is 0.452 e. The number of carbonyl (C=O) groups excluding carboxylic acids is 2. The molecule has 0 bridgehead atoms. The number of amides is 3. The van der Waals surface area contributed by atoms with Gasteiger partial charge in [-0.25, -0.2) is 20.0 Å². The van der Waals surface area contributed by atoms with Gasteiger partial charge in [0.05, 0.1) is 7.11 Å². The van der Waals surface area contributed by atoms with Gasteiger partial charge in [0.1, 0.15) is 11.4 Å². The molecule has 8 nitrogen and oxygen atoms in total. The van der Waals surface area contributed by atoms with E-state index in [9.17, 15) is 9.59 Å². The number of benzene rings is 1. The maximum atomic E-state index is 11.9. The lowest BCUT2D eigenvalue weighted by atomic mass is 10.1. The van der Waals surface area contributed by atoms with Crippen LogP contribution < -0.4 is 10.7 Å². The van der Waals surface area contributed by atoms with Gasteiger partial charge in [-0.05, 0) is 6.92 Å². The number of hydrazine groups is 1. The fraction of sp³-hybridized carbons (Fsp3) is 0.214. The fourth-order valence-electron chi connectivity index (χ4n) is 1.78. The Morgan fingerprint density at radius 2 is 1.95 bits per heavy atom. The van der Waals surface area contributed by atoms with Crippen LogP contribution >= 0.6 is 0 Å². The molecular formula is C14H16N4O4. The number of aromatic nitrogens is 1. The number of aryl methyl sites for hydroxylation is 1. The average molecular weight is 304 g/mol. The van der Waals surface area contributed by atoms with E-state index in [-0.39, 0.29) is 0 Å². The number of urea groups is 1. The van der Waals surface area contributed by atoms with Crippen LogP contribution in [-0.2, 0) is 4.74 Å². The number of methoxy groups -OCH3 is 1. The molecule has 0 atom stereocenters. The Morgan fingerprint density at radius 1 is 1.27 bits per heavy atom. The number of nitrogens with zero attached hydrogens (tertiary/aromatic N) is 2. The van der Waals surface area contributed by atoms with Crippen molar-refractivity contribution in [1.29, 1.82) is 0 Å². The molecule has 0 aliphatic heterocycles. The van der Waals surface area contributed by atoms with Crippen LogP contribution in [0, 0.1) is 6.92 Å². The van der Waals surface area contributed by atoms with E-state index in [0.717, 1.165) is 10.6 Å². The molecule has 0 saturated heterocycles. The minimum absolute atomic E-state index is 0.432. The number of nitrogens with one attached hydrogen (secondary N) is 2. The van der Waals surface area contributed by atoms with Gasteiger partial charge < -0.3 is 14.6 Å². The molecule has 116 valence electrons. The molecule has 22 heavy (non-hydrogen) atoms. The van der Waals surface area contributed by atoms with E-state index in [0.29, 0.717) is 17.1 Å². The lowest BCUT2D eigenvalue weighted by Crippen LogP contribution is -2.45. The third-order valence-corrected chi connectivity index (χ3v) is 2.85. The highest BCUT2D eigenvalue weighted by atomic mass is 16.5. The highest BCUT2D eigenvalue weighted by molar-refractivity contribution is 5.94. The molecule has 2 aromatic rings. The van der Waals surface area contributed by atoms with Gasteiger partial charge in [-0.15, -0.1) is 0 Å². The summed E-state index contributed by atoms with van der Waals surface area (Å²) in [5.74, 6) is 0.439. The second-order valence-electron chi connectivity index (χ2n) is 4.43. The van der Waals surface area contributed by atoms with Crippen molar-refractivity contribution in [2.45, 2.75) is 6.92 Å². The summed E-state index contributed by atoms with van der Waals surface area (Å²) in [6.45, 7) is 1.70. The van der Waals surface area contributed by atoms with E-state index in [4.69, 9.17) is 4.52 Å². The van der Waals surface area contributed by atoms with Gasteiger partial charge in [0.2, 0.25) is 0 Å². The highest BCUT2D eigenvalue weighted by Gasteiger charge is 2.18. The van der Waals surface area contributed by atoms with Crippen LogP contribution in [0.5, 0.6) is 0 Å². The molecule has 0 spiro atoms. The Labute approximate surface area is 127 Å². The normalized spacial score (nSPS) is 9.95. The Hall–Kier alpha value is -3.03. The lowest BCUT2D eigenvalue weighted by molar-refractivity contribution is 0.119. The maximum absolute atomic E-state index is 11.9. The number of hydrogen-bond donors (Lipinski definition) is 2. The summed E-state index contributed by atoms with van der Waals surface area (Å²) in [4.78, 5) is 23.2. The molecule has 0 fully saturated rings. The number of ether oxygens (including phenoxy) is 1. The first-order chi connectivity index (χ1) is 10.5. The van der Waals surface area contributed by atoms with E-state index >= 15 is 0 Å². The third kappa shape index (κ3) is 3.35. The maximum Gasteiger partial charge on any atom is 0.428 e. The smallest absolute Gasteiger partial charge is 0.428 e. The topological polar surface area (TPSA) is 96.7 Å². The van der Waals surface area contributed by atoms with Crippen molar-refractivity contribution < 1.29 is 18.8 Å². The Kier molecular flexibility index (Phi) is 4.62. The van der Waals surface area contributed by atoms with E-state index in [2.05, 4.69) is 20.6 Å². The summed E-state index contributed by atoms with van der Waals surface area (Å²) >= 11 is 0. The zero-order valence-electron chi connectivity index (χ0n) is 12.4. The van der Waals surface area contributed by atoms with Crippen molar-refractivity contribution in [3.63, 3.8) is 0 Å². The van der Waals surface area contributed by atoms with Crippen LogP contribution in [0.2, 0.25) is 0 Å². The molecule has 3 amide bonds. The third-order valence-electron chi connectivity index (χ3n) is 2.85. The zero-order chi connectivity index (χ0) is 16.1. The first-order valence-electron chi connectivity index (χ1n) is 6.44. The molecule has 2 N–H and O–H groups in total. The molecule has 0 aliphatic rings. The van der Waals surface area contributed by atoms with Crippen LogP contribution in [0.3, 0.4) is 0 Å². The first-order valence-corrected chi connectivity index (χ1v) is 6.44. The quantitative estimate of drug-likeness (QED) is 0.830. The summed E-state index contributed by atoms with van der Waals surface area (Å²) in [6, 6.07) is 8.63. The van der Waals surface area contributed by atoms with Crippen molar-refractivity contribution in [1.82, 2.24) is 15.6 Å². The molecule has 0 unspecified atom stereocenters. The second kappa shape index (κ2) is 6.61. The van der Waals surface area contributed by atoms with Gasteiger partial charge in [0.15, 0.2) is 5.76 Å². The van der Waals surface area contributed by atoms with Crippen LogP contribution in [-0.4, -0.2) is 36.4 Å². The van der Waals surface area contributed by atoms with E-state index in [1.54, 1.807) is 6.92 Å². The molecular weight excluding hydrogens is 288 g/mol. The number of hydrogen-bond acceptors (Lipinski definition) is 5. The Balaban J connectivity index is 2.15. The highest BCUT2D eigenvalue weighted by Crippen LogP contribution is 2.30. The summed E-state index contributed by atoms with van der Waals surface area (Å²) in [5.41, 5.74) is 4.05. The molecule has 2 rings (SSSR count). The summed E-state index contributed by atoms with van der Waals surface area (Å²) in [7, 11) is 2.58. The monoisotopic (exact) mass is 304 g/mol. The SMILES string of the molecule is COC(=O)N(C)NC(=O)Nc1c(C)noc1-c1ccccc1. The standard InChI is InChI=1S/C14H16N4O4/c1-9-11(15-13(19)16-18(2)14(20)21-3)12(22-17-9)10-7-5-4-6-8-10/h4-8H,1-3H3,(H2,15,16,19). The fourth-order valence-corrected chi connectivity index (χ4v) is 1.78. The molecule has 8 heteroatoms. The molecule has 1 aromatic carbocycles. The minimum Gasteiger partial charge on any atom is -0.452 e. The van der Waals surface area contributed by atoms with E-state index in [1.807, 2.05) is 30.3 Å². The summed E-state index contributed by atoms with van der Waals surface area (Å²) in [6.07, 6.45) is -0.694. The predicted molar refractivity (Wildman–Crippen MR) is 79.0 cm³/mol. The van der Waals surface area contributed by atoms with Crippen molar-refractivity contribution in [3.05, 3.63) is 36.0 Å². The number of anilines is 1. The summed E-state index contributed by atoms with van der Waals surface area (Å²) in [5, 5.41) is 7.38. The van der Waals surface area contributed by atoms with Gasteiger partial charge in [-0.1, -0.05) is 35.5 Å². The van der Waals surface area contributed by atoms with Crippen LogP contribution in [0.25, 0.3) is 11.3 Å². The van der Waals surface area contributed by atoms with Crippen molar-refractivity contribution in [2.24, 2.45) is 0 Å². The minimum atomic E-state index is -0.694. The molecule has 1 aromatic heterocycles. The molecule has 1 heterocycles. The lowest BCUT2D eigenvalue weighted by Gasteiger charge is -2.16. The Morgan fingerprint density at radius 3 is 2.59 bits per heavy atom. The second-order valence-corrected chi connectivity index (χ2v) is 4.43. The molecule has 0 radical (unpaired) electrons.